The molecule has 150 valence electrons. The Morgan fingerprint density at radius 1 is 1.18 bits per heavy atom. The molecule has 0 spiro atoms. The maximum absolute atomic E-state index is 12.4. The van der Waals surface area contributed by atoms with Crippen molar-refractivity contribution in [1.82, 2.24) is 10.1 Å². The van der Waals surface area contributed by atoms with Crippen molar-refractivity contribution in [1.29, 1.82) is 0 Å². The van der Waals surface area contributed by atoms with Crippen molar-refractivity contribution in [3.05, 3.63) is 46.9 Å². The number of aromatic nitrogens is 1. The summed E-state index contributed by atoms with van der Waals surface area (Å²) in [6.45, 7) is 5.81. The van der Waals surface area contributed by atoms with Crippen molar-refractivity contribution in [3.8, 4) is 11.5 Å². The fraction of sp³-hybridized carbons (Fsp3) is 0.455. The van der Waals surface area contributed by atoms with E-state index >= 15 is 0 Å². The summed E-state index contributed by atoms with van der Waals surface area (Å²) in [7, 11) is 1.61. The Kier molecular flexibility index (Phi) is 6.74. The lowest BCUT2D eigenvalue weighted by atomic mass is 10.1. The minimum Gasteiger partial charge on any atom is -0.493 e. The first-order chi connectivity index (χ1) is 13.6. The highest BCUT2D eigenvalue weighted by Crippen LogP contribution is 2.30. The van der Waals surface area contributed by atoms with Crippen LogP contribution in [0.4, 0.5) is 0 Å². The maximum atomic E-state index is 12.4. The van der Waals surface area contributed by atoms with Gasteiger partial charge >= 0.3 is 0 Å². The van der Waals surface area contributed by atoms with E-state index in [0.29, 0.717) is 18.1 Å². The fourth-order valence-corrected chi connectivity index (χ4v) is 3.33. The van der Waals surface area contributed by atoms with Gasteiger partial charge in [-0.05, 0) is 50.5 Å². The molecule has 6 nitrogen and oxygen atoms in total. The maximum Gasteiger partial charge on any atom is 0.246 e. The standard InChI is InChI=1S/C22H28N2O4/c1-16-19(17(2)28-23-16)15-27-20-10-8-18(14-21(20)26-3)9-11-22(25)24-12-6-4-5-7-13-24/h8-11,14H,4-7,12-13,15H2,1-3H3. The van der Waals surface area contributed by atoms with Crippen LogP contribution in [-0.4, -0.2) is 36.2 Å². The molecule has 1 aromatic carbocycles. The second kappa shape index (κ2) is 9.44. The number of hydrogen-bond acceptors (Lipinski definition) is 5. The Hall–Kier alpha value is -2.76. The van der Waals surface area contributed by atoms with E-state index in [-0.39, 0.29) is 5.91 Å². The van der Waals surface area contributed by atoms with Gasteiger partial charge in [0.05, 0.1) is 18.4 Å². The molecule has 0 saturated carbocycles. The number of carbonyl (C=O) groups is 1. The SMILES string of the molecule is COc1cc(C=CC(=O)N2CCCCCC2)ccc1OCc1c(C)noc1C. The van der Waals surface area contributed by atoms with Crippen molar-refractivity contribution in [3.63, 3.8) is 0 Å². The molecule has 1 aliphatic heterocycles. The zero-order valence-corrected chi connectivity index (χ0v) is 16.9. The quantitative estimate of drug-likeness (QED) is 0.695. The van der Waals surface area contributed by atoms with Crippen molar-refractivity contribution in [2.75, 3.05) is 20.2 Å². The fourth-order valence-electron chi connectivity index (χ4n) is 3.33. The topological polar surface area (TPSA) is 64.8 Å². The lowest BCUT2D eigenvalue weighted by Crippen LogP contribution is -2.30. The second-order valence-electron chi connectivity index (χ2n) is 7.07. The number of carbonyl (C=O) groups excluding carboxylic acids is 1. The van der Waals surface area contributed by atoms with Gasteiger partial charge in [-0.1, -0.05) is 24.1 Å². The third-order valence-corrected chi connectivity index (χ3v) is 5.08. The Morgan fingerprint density at radius 2 is 1.93 bits per heavy atom. The van der Waals surface area contributed by atoms with Crippen molar-refractivity contribution >= 4 is 12.0 Å². The number of nitrogens with zero attached hydrogens (tertiary/aromatic N) is 2. The van der Waals surface area contributed by atoms with Crippen molar-refractivity contribution in [2.24, 2.45) is 0 Å². The van der Waals surface area contributed by atoms with Gasteiger partial charge in [0, 0.05) is 19.2 Å². The number of amides is 1. The Bertz CT molecular complexity index is 814. The van der Waals surface area contributed by atoms with E-state index in [9.17, 15) is 4.79 Å². The van der Waals surface area contributed by atoms with Crippen LogP contribution in [-0.2, 0) is 11.4 Å². The van der Waals surface area contributed by atoms with Crippen molar-refractivity contribution in [2.45, 2.75) is 46.1 Å². The van der Waals surface area contributed by atoms with Gasteiger partial charge in [0.1, 0.15) is 12.4 Å². The van der Waals surface area contributed by atoms with Crippen LogP contribution < -0.4 is 9.47 Å². The molecule has 0 aliphatic carbocycles. The van der Waals surface area contributed by atoms with Gasteiger partial charge in [-0.3, -0.25) is 4.79 Å². The highest BCUT2D eigenvalue weighted by atomic mass is 16.5. The summed E-state index contributed by atoms with van der Waals surface area (Å²) >= 11 is 0. The lowest BCUT2D eigenvalue weighted by molar-refractivity contribution is -0.125. The van der Waals surface area contributed by atoms with Gasteiger partial charge < -0.3 is 18.9 Å². The predicted octanol–water partition coefficient (Wildman–Crippen LogP) is 4.29. The smallest absolute Gasteiger partial charge is 0.246 e. The largest absolute Gasteiger partial charge is 0.493 e. The van der Waals surface area contributed by atoms with Crippen LogP contribution >= 0.6 is 0 Å². The van der Waals surface area contributed by atoms with E-state index in [1.165, 1.54) is 12.8 Å². The molecule has 2 aromatic rings. The minimum atomic E-state index is 0.0691. The van der Waals surface area contributed by atoms with E-state index in [2.05, 4.69) is 5.16 Å². The normalized spacial score (nSPS) is 14.9. The number of likely N-dealkylation sites (tertiary alicyclic amines) is 1. The predicted molar refractivity (Wildman–Crippen MR) is 107 cm³/mol. The molecule has 6 heteroatoms. The van der Waals surface area contributed by atoms with Crippen LogP contribution in [0.25, 0.3) is 6.08 Å². The number of rotatable bonds is 6. The molecule has 1 aliphatic rings. The molecule has 28 heavy (non-hydrogen) atoms. The summed E-state index contributed by atoms with van der Waals surface area (Å²) in [5.74, 6) is 2.08. The zero-order chi connectivity index (χ0) is 19.9. The summed E-state index contributed by atoms with van der Waals surface area (Å²) in [5.41, 5.74) is 2.65. The van der Waals surface area contributed by atoms with Crippen LogP contribution in [0.5, 0.6) is 11.5 Å². The van der Waals surface area contributed by atoms with E-state index in [1.54, 1.807) is 13.2 Å². The number of aryl methyl sites for hydroxylation is 2. The summed E-state index contributed by atoms with van der Waals surface area (Å²) in [5, 5.41) is 3.94. The molecule has 2 heterocycles. The number of benzene rings is 1. The highest BCUT2D eigenvalue weighted by molar-refractivity contribution is 5.91. The second-order valence-corrected chi connectivity index (χ2v) is 7.07. The highest BCUT2D eigenvalue weighted by Gasteiger charge is 2.14. The van der Waals surface area contributed by atoms with E-state index in [4.69, 9.17) is 14.0 Å². The number of ether oxygens (including phenoxy) is 2. The molecule has 1 aromatic heterocycles. The summed E-state index contributed by atoms with van der Waals surface area (Å²) < 4.78 is 16.5. The van der Waals surface area contributed by atoms with Crippen LogP contribution in [0, 0.1) is 13.8 Å². The summed E-state index contributed by atoms with van der Waals surface area (Å²) in [6, 6.07) is 5.64. The molecule has 0 N–H and O–H groups in total. The molecular formula is C22H28N2O4. The van der Waals surface area contributed by atoms with Crippen LogP contribution in [0.2, 0.25) is 0 Å². The number of hydrogen-bond donors (Lipinski definition) is 0. The third kappa shape index (κ3) is 4.94. The molecule has 1 saturated heterocycles. The third-order valence-electron chi connectivity index (χ3n) is 5.08. The zero-order valence-electron chi connectivity index (χ0n) is 16.9. The molecule has 1 fully saturated rings. The van der Waals surface area contributed by atoms with Gasteiger partial charge in [0.15, 0.2) is 11.5 Å². The Labute approximate surface area is 166 Å². The first-order valence-corrected chi connectivity index (χ1v) is 9.78. The number of methoxy groups -OCH3 is 1. The first kappa shape index (κ1) is 20.0. The van der Waals surface area contributed by atoms with Gasteiger partial charge in [0.2, 0.25) is 5.91 Å². The molecule has 0 radical (unpaired) electrons. The van der Waals surface area contributed by atoms with Crippen molar-refractivity contribution < 1.29 is 18.8 Å². The minimum absolute atomic E-state index is 0.0691. The van der Waals surface area contributed by atoms with Crippen LogP contribution in [0.3, 0.4) is 0 Å². The van der Waals surface area contributed by atoms with E-state index in [0.717, 1.165) is 48.5 Å². The van der Waals surface area contributed by atoms with E-state index < -0.39 is 0 Å². The average molecular weight is 384 g/mol. The van der Waals surface area contributed by atoms with Crippen LogP contribution in [0.15, 0.2) is 28.8 Å². The molecule has 0 bridgehead atoms. The molecule has 0 atom stereocenters. The van der Waals surface area contributed by atoms with Gasteiger partial charge in [-0.25, -0.2) is 0 Å². The molecule has 1 amide bonds. The molecule has 3 rings (SSSR count). The Morgan fingerprint density at radius 3 is 2.57 bits per heavy atom. The summed E-state index contributed by atoms with van der Waals surface area (Å²) in [6.07, 6.45) is 8.06. The summed E-state index contributed by atoms with van der Waals surface area (Å²) in [4.78, 5) is 14.3. The molecule has 0 unspecified atom stereocenters. The van der Waals surface area contributed by atoms with Crippen LogP contribution in [0.1, 0.15) is 48.3 Å². The van der Waals surface area contributed by atoms with Gasteiger partial charge in [0.25, 0.3) is 0 Å². The van der Waals surface area contributed by atoms with Gasteiger partial charge in [-0.2, -0.15) is 0 Å². The lowest BCUT2D eigenvalue weighted by Gasteiger charge is -2.18. The monoisotopic (exact) mass is 384 g/mol. The Balaban J connectivity index is 1.66. The first-order valence-electron chi connectivity index (χ1n) is 9.78. The van der Waals surface area contributed by atoms with E-state index in [1.807, 2.05) is 43.0 Å². The average Bonchev–Trinajstić information content (AvgIpc) is 2.91. The van der Waals surface area contributed by atoms with Gasteiger partial charge in [-0.15, -0.1) is 0 Å². The molecular weight excluding hydrogens is 356 g/mol.